The number of ether oxygens (including phenoxy) is 1. The number of rotatable bonds is 6. The Morgan fingerprint density at radius 1 is 1.34 bits per heavy atom. The molecule has 1 fully saturated rings. The first-order valence-corrected chi connectivity index (χ1v) is 10.2. The summed E-state index contributed by atoms with van der Waals surface area (Å²) in [5, 5.41) is 8.12. The van der Waals surface area contributed by atoms with Crippen molar-refractivity contribution in [3.8, 4) is 5.75 Å². The number of hydrogen-bond acceptors (Lipinski definition) is 6. The molecule has 152 valence electrons. The lowest BCUT2D eigenvalue weighted by Gasteiger charge is -2.18. The van der Waals surface area contributed by atoms with Crippen LogP contribution in [0.2, 0.25) is 0 Å². The minimum absolute atomic E-state index is 0.0188. The van der Waals surface area contributed by atoms with Gasteiger partial charge in [-0.1, -0.05) is 6.07 Å². The van der Waals surface area contributed by atoms with Gasteiger partial charge in [0.1, 0.15) is 23.7 Å². The number of fused-ring (bicyclic) bond motifs is 1. The van der Waals surface area contributed by atoms with Crippen LogP contribution >= 0.6 is 9.24 Å². The lowest BCUT2D eigenvalue weighted by Crippen LogP contribution is -2.29. The Morgan fingerprint density at radius 2 is 2.10 bits per heavy atom. The maximum absolute atomic E-state index is 13.2. The van der Waals surface area contributed by atoms with Gasteiger partial charge in [0.15, 0.2) is 0 Å². The molecule has 1 aliphatic rings. The predicted octanol–water partition coefficient (Wildman–Crippen LogP) is 3.50. The van der Waals surface area contributed by atoms with Gasteiger partial charge >= 0.3 is 0 Å². The third-order valence-electron chi connectivity index (χ3n) is 5.42. The zero-order valence-corrected chi connectivity index (χ0v) is 18.2. The van der Waals surface area contributed by atoms with Gasteiger partial charge in [0, 0.05) is 5.54 Å². The highest BCUT2D eigenvalue weighted by molar-refractivity contribution is 7.27. The molecule has 1 saturated carbocycles. The van der Waals surface area contributed by atoms with Crippen molar-refractivity contribution in [2.45, 2.75) is 45.2 Å². The maximum Gasteiger partial charge on any atom is 0.256 e. The summed E-state index contributed by atoms with van der Waals surface area (Å²) in [6.07, 6.45) is 3.60. The van der Waals surface area contributed by atoms with Gasteiger partial charge in [-0.3, -0.25) is 4.79 Å². The maximum atomic E-state index is 13.2. The Bertz CT molecular complexity index is 1090. The standard InChI is InChI=1S/C21H25N4O3P/c1-11(14-6-5-13(27-4)9-15(14)29)24-19(26)16-12(2)28-20-17(16)18(22-10-23-20)25-21(3)7-8-21/h5-6,9-11H,7-8,29H2,1-4H3,(H,24,26)(H,22,23,25)/t11-/m0/s1. The first-order chi connectivity index (χ1) is 13.8. The molecule has 3 aromatic rings. The molecule has 8 heteroatoms. The van der Waals surface area contributed by atoms with Crippen LogP contribution in [0.5, 0.6) is 5.75 Å². The summed E-state index contributed by atoms with van der Waals surface area (Å²) in [6.45, 7) is 5.87. The van der Waals surface area contributed by atoms with Crippen molar-refractivity contribution >= 4 is 37.4 Å². The first-order valence-electron chi connectivity index (χ1n) is 9.58. The van der Waals surface area contributed by atoms with Gasteiger partial charge in [0.05, 0.1) is 24.1 Å². The molecule has 2 heterocycles. The van der Waals surface area contributed by atoms with E-state index in [1.165, 1.54) is 6.33 Å². The minimum Gasteiger partial charge on any atom is -0.497 e. The molecule has 0 aliphatic heterocycles. The number of carbonyl (C=O) groups excluding carboxylic acids is 1. The van der Waals surface area contributed by atoms with E-state index in [0.29, 0.717) is 28.2 Å². The van der Waals surface area contributed by atoms with Crippen molar-refractivity contribution in [1.29, 1.82) is 0 Å². The second-order valence-corrected chi connectivity index (χ2v) is 8.43. The van der Waals surface area contributed by atoms with E-state index >= 15 is 0 Å². The summed E-state index contributed by atoms with van der Waals surface area (Å²) in [4.78, 5) is 21.8. The number of aryl methyl sites for hydroxylation is 1. The van der Waals surface area contributed by atoms with Crippen LogP contribution in [0.3, 0.4) is 0 Å². The molecule has 2 N–H and O–H groups in total. The van der Waals surface area contributed by atoms with Crippen molar-refractivity contribution in [2.24, 2.45) is 0 Å². The topological polar surface area (TPSA) is 89.3 Å². The second kappa shape index (κ2) is 7.30. The number of methoxy groups -OCH3 is 1. The van der Waals surface area contributed by atoms with Crippen LogP contribution < -0.4 is 20.7 Å². The molecule has 4 rings (SSSR count). The molecule has 1 amide bonds. The number of nitrogens with zero attached hydrogens (tertiary/aromatic N) is 2. The van der Waals surface area contributed by atoms with E-state index in [9.17, 15) is 4.79 Å². The van der Waals surface area contributed by atoms with Crippen LogP contribution in [0, 0.1) is 6.92 Å². The number of anilines is 1. The minimum atomic E-state index is -0.215. The Kier molecular flexibility index (Phi) is 4.95. The Balaban J connectivity index is 1.65. The van der Waals surface area contributed by atoms with Gasteiger partial charge in [-0.05, 0) is 56.6 Å². The molecular weight excluding hydrogens is 387 g/mol. The molecule has 1 unspecified atom stereocenters. The van der Waals surface area contributed by atoms with Crippen molar-refractivity contribution in [1.82, 2.24) is 15.3 Å². The summed E-state index contributed by atoms with van der Waals surface area (Å²) in [6, 6.07) is 5.56. The Morgan fingerprint density at radius 3 is 2.76 bits per heavy atom. The van der Waals surface area contributed by atoms with Crippen molar-refractivity contribution in [3.63, 3.8) is 0 Å². The van der Waals surface area contributed by atoms with Crippen LogP contribution in [0.25, 0.3) is 11.1 Å². The smallest absolute Gasteiger partial charge is 0.256 e. The summed E-state index contributed by atoms with van der Waals surface area (Å²) in [7, 11) is 4.33. The Labute approximate surface area is 171 Å². The normalized spacial score (nSPS) is 15.8. The number of aromatic nitrogens is 2. The highest BCUT2D eigenvalue weighted by Gasteiger charge is 2.38. The van der Waals surface area contributed by atoms with E-state index in [1.54, 1.807) is 14.0 Å². The van der Waals surface area contributed by atoms with Gasteiger partial charge in [0.2, 0.25) is 5.71 Å². The number of benzene rings is 1. The van der Waals surface area contributed by atoms with Crippen molar-refractivity contribution < 1.29 is 13.9 Å². The third-order valence-corrected chi connectivity index (χ3v) is 5.92. The van der Waals surface area contributed by atoms with E-state index in [4.69, 9.17) is 9.15 Å². The quantitative estimate of drug-likeness (QED) is 0.603. The SMILES string of the molecule is COc1ccc([C@H](C)NC(=O)c2c(C)oc3ncnc(NC4(C)CC4)c23)c(P)c1. The third kappa shape index (κ3) is 3.79. The van der Waals surface area contributed by atoms with Gasteiger partial charge in [-0.25, -0.2) is 9.97 Å². The molecule has 2 aromatic heterocycles. The fourth-order valence-corrected chi connectivity index (χ4v) is 3.94. The van der Waals surface area contributed by atoms with Crippen molar-refractivity contribution in [2.75, 3.05) is 12.4 Å². The van der Waals surface area contributed by atoms with E-state index < -0.39 is 0 Å². The molecule has 0 spiro atoms. The molecule has 0 bridgehead atoms. The van der Waals surface area contributed by atoms with Crippen LogP contribution in [0.4, 0.5) is 5.82 Å². The highest BCUT2D eigenvalue weighted by atomic mass is 31.0. The van der Waals surface area contributed by atoms with E-state index in [0.717, 1.165) is 29.5 Å². The molecular formula is C21H25N4O3P. The van der Waals surface area contributed by atoms with Crippen LogP contribution in [-0.2, 0) is 0 Å². The second-order valence-electron chi connectivity index (χ2n) is 7.81. The monoisotopic (exact) mass is 412 g/mol. The molecule has 1 aromatic carbocycles. The molecule has 1 aliphatic carbocycles. The van der Waals surface area contributed by atoms with Gasteiger partial charge < -0.3 is 19.8 Å². The summed E-state index contributed by atoms with van der Waals surface area (Å²) < 4.78 is 11.0. The molecule has 2 atom stereocenters. The summed E-state index contributed by atoms with van der Waals surface area (Å²) in [5.41, 5.74) is 1.90. The fourth-order valence-electron chi connectivity index (χ4n) is 3.43. The average molecular weight is 412 g/mol. The molecule has 29 heavy (non-hydrogen) atoms. The van der Waals surface area contributed by atoms with E-state index in [1.807, 2.05) is 25.1 Å². The fraction of sp³-hybridized carbons (Fsp3) is 0.381. The zero-order chi connectivity index (χ0) is 20.8. The van der Waals surface area contributed by atoms with E-state index in [-0.39, 0.29) is 17.5 Å². The molecule has 7 nitrogen and oxygen atoms in total. The highest BCUT2D eigenvalue weighted by Crippen LogP contribution is 2.40. The average Bonchev–Trinajstić information content (AvgIpc) is 3.29. The number of nitrogens with one attached hydrogen (secondary N) is 2. The first kappa shape index (κ1) is 19.6. The number of furan rings is 1. The lowest BCUT2D eigenvalue weighted by atomic mass is 10.1. The summed E-state index contributed by atoms with van der Waals surface area (Å²) in [5.74, 6) is 1.72. The number of hydrogen-bond donors (Lipinski definition) is 2. The van der Waals surface area contributed by atoms with Crippen LogP contribution in [-0.4, -0.2) is 28.5 Å². The van der Waals surface area contributed by atoms with Gasteiger partial charge in [-0.15, -0.1) is 9.24 Å². The predicted molar refractivity (Wildman–Crippen MR) is 116 cm³/mol. The largest absolute Gasteiger partial charge is 0.497 e. The van der Waals surface area contributed by atoms with Gasteiger partial charge in [-0.2, -0.15) is 0 Å². The number of amides is 1. The zero-order valence-electron chi connectivity index (χ0n) is 17.0. The van der Waals surface area contributed by atoms with Crippen molar-refractivity contribution in [3.05, 3.63) is 41.4 Å². The van der Waals surface area contributed by atoms with Crippen LogP contribution in [0.15, 0.2) is 28.9 Å². The van der Waals surface area contributed by atoms with E-state index in [2.05, 4.69) is 36.8 Å². The summed E-state index contributed by atoms with van der Waals surface area (Å²) >= 11 is 0. The lowest BCUT2D eigenvalue weighted by molar-refractivity contribution is 0.0940. The Hall–Kier alpha value is -2.66. The van der Waals surface area contributed by atoms with Crippen LogP contribution in [0.1, 0.15) is 54.4 Å². The molecule has 0 saturated heterocycles. The van der Waals surface area contributed by atoms with Gasteiger partial charge in [0.25, 0.3) is 5.91 Å². The number of carbonyl (C=O) groups is 1. The molecule has 0 radical (unpaired) electrons.